The molecule has 2 heteroatoms. The van der Waals surface area contributed by atoms with E-state index in [4.69, 9.17) is 4.74 Å². The highest BCUT2D eigenvalue weighted by Crippen LogP contribution is 2.22. The summed E-state index contributed by atoms with van der Waals surface area (Å²) >= 11 is 0. The standard InChI is InChI=1S/C39H68O2/c1-7-8-9-10-11-12-13-14-15-16-17-18-19-20-21-22-32-39(40)41-34-33-38(6)31-25-30-37(5)29-24-28-36(4)27-23-26-35(2)3/h10-11,13-14,16-17,19-20,33,35-37H,7-9,12,15,18,21-32,34H2,1-6H3/b11-10+,14-13+,17-16+,20-19+,38-33+. The van der Waals surface area contributed by atoms with Crippen molar-refractivity contribution in [3.8, 4) is 0 Å². The quantitative estimate of drug-likeness (QED) is 0.0559. The van der Waals surface area contributed by atoms with Crippen LogP contribution < -0.4 is 0 Å². The Kier molecular flexibility index (Phi) is 28.3. The van der Waals surface area contributed by atoms with Crippen LogP contribution in [-0.4, -0.2) is 12.6 Å². The van der Waals surface area contributed by atoms with E-state index in [0.29, 0.717) is 13.0 Å². The molecule has 0 aromatic carbocycles. The van der Waals surface area contributed by atoms with Gasteiger partial charge in [0.05, 0.1) is 0 Å². The van der Waals surface area contributed by atoms with Gasteiger partial charge in [-0.3, -0.25) is 4.79 Å². The second kappa shape index (κ2) is 29.7. The van der Waals surface area contributed by atoms with Crippen LogP contribution in [0.5, 0.6) is 0 Å². The van der Waals surface area contributed by atoms with Gasteiger partial charge in [0.2, 0.25) is 0 Å². The SMILES string of the molecule is CCCC/C=C/C/C=C/C/C=C/C/C=C/CCCC(=O)OC/C=C(\C)CCCC(C)CCCC(C)CCCC(C)C. The number of carbonyl (C=O) groups excluding carboxylic acids is 1. The number of esters is 1. The van der Waals surface area contributed by atoms with E-state index < -0.39 is 0 Å². The molecule has 236 valence electrons. The van der Waals surface area contributed by atoms with Crippen molar-refractivity contribution in [3.63, 3.8) is 0 Å². The van der Waals surface area contributed by atoms with Crippen LogP contribution >= 0.6 is 0 Å². The van der Waals surface area contributed by atoms with Crippen molar-refractivity contribution in [1.29, 1.82) is 0 Å². The van der Waals surface area contributed by atoms with Crippen molar-refractivity contribution in [2.24, 2.45) is 17.8 Å². The lowest BCUT2D eigenvalue weighted by atomic mass is 9.91. The topological polar surface area (TPSA) is 26.3 Å². The van der Waals surface area contributed by atoms with Crippen LogP contribution in [0, 0.1) is 17.8 Å². The Morgan fingerprint density at radius 1 is 0.610 bits per heavy atom. The molecule has 0 aliphatic heterocycles. The highest BCUT2D eigenvalue weighted by atomic mass is 16.5. The van der Waals surface area contributed by atoms with Crippen LogP contribution in [0.1, 0.15) is 157 Å². The van der Waals surface area contributed by atoms with E-state index in [2.05, 4.69) is 96.2 Å². The number of unbranched alkanes of at least 4 members (excludes halogenated alkanes) is 3. The molecule has 2 atom stereocenters. The minimum absolute atomic E-state index is 0.0820. The molecule has 0 N–H and O–H groups in total. The van der Waals surface area contributed by atoms with Gasteiger partial charge in [-0.25, -0.2) is 0 Å². The predicted molar refractivity (Wildman–Crippen MR) is 183 cm³/mol. The summed E-state index contributed by atoms with van der Waals surface area (Å²) in [7, 11) is 0. The highest BCUT2D eigenvalue weighted by molar-refractivity contribution is 5.69. The number of carbonyl (C=O) groups is 1. The molecule has 2 nitrogen and oxygen atoms in total. The van der Waals surface area contributed by atoms with E-state index in [1.165, 1.54) is 76.2 Å². The fourth-order valence-electron chi connectivity index (χ4n) is 4.89. The molecule has 0 saturated carbocycles. The predicted octanol–water partition coefficient (Wildman–Crippen LogP) is 12.7. The largest absolute Gasteiger partial charge is 0.461 e. The summed E-state index contributed by atoms with van der Waals surface area (Å²) in [4.78, 5) is 12.0. The minimum atomic E-state index is -0.0820. The van der Waals surface area contributed by atoms with Crippen LogP contribution in [0.25, 0.3) is 0 Å². The molecule has 0 amide bonds. The summed E-state index contributed by atoms with van der Waals surface area (Å²) in [6.07, 6.45) is 40.8. The van der Waals surface area contributed by atoms with Gasteiger partial charge in [-0.15, -0.1) is 0 Å². The molecular weight excluding hydrogens is 500 g/mol. The summed E-state index contributed by atoms with van der Waals surface area (Å²) in [5.74, 6) is 2.45. The van der Waals surface area contributed by atoms with E-state index >= 15 is 0 Å². The van der Waals surface area contributed by atoms with Crippen LogP contribution in [0.4, 0.5) is 0 Å². The molecule has 0 aromatic heterocycles. The van der Waals surface area contributed by atoms with Crippen LogP contribution in [0.15, 0.2) is 60.3 Å². The molecule has 0 radical (unpaired) electrons. The van der Waals surface area contributed by atoms with Gasteiger partial charge in [0.1, 0.15) is 6.61 Å². The maximum atomic E-state index is 12.0. The zero-order valence-electron chi connectivity index (χ0n) is 28.2. The van der Waals surface area contributed by atoms with Crippen molar-refractivity contribution in [2.75, 3.05) is 6.61 Å². The Balaban J connectivity index is 3.71. The second-order valence-corrected chi connectivity index (χ2v) is 12.7. The Hall–Kier alpha value is -1.83. The van der Waals surface area contributed by atoms with E-state index in [9.17, 15) is 4.79 Å². The van der Waals surface area contributed by atoms with E-state index in [1.54, 1.807) is 0 Å². The van der Waals surface area contributed by atoms with Crippen LogP contribution in [0.3, 0.4) is 0 Å². The fourth-order valence-corrected chi connectivity index (χ4v) is 4.89. The summed E-state index contributed by atoms with van der Waals surface area (Å²) in [6.45, 7) is 14.3. The smallest absolute Gasteiger partial charge is 0.306 e. The fraction of sp³-hybridized carbons (Fsp3) is 0.718. The summed E-state index contributed by atoms with van der Waals surface area (Å²) in [6, 6.07) is 0. The van der Waals surface area contributed by atoms with E-state index in [1.807, 2.05) is 0 Å². The first-order valence-electron chi connectivity index (χ1n) is 17.3. The molecule has 2 unspecified atom stereocenters. The van der Waals surface area contributed by atoms with Crippen molar-refractivity contribution < 1.29 is 9.53 Å². The Morgan fingerprint density at radius 3 is 1.63 bits per heavy atom. The average Bonchev–Trinajstić information content (AvgIpc) is 2.92. The van der Waals surface area contributed by atoms with Gasteiger partial charge in [-0.05, 0) is 82.1 Å². The van der Waals surface area contributed by atoms with Gasteiger partial charge in [-0.1, -0.05) is 147 Å². The van der Waals surface area contributed by atoms with Gasteiger partial charge in [0.25, 0.3) is 0 Å². The monoisotopic (exact) mass is 569 g/mol. The van der Waals surface area contributed by atoms with Gasteiger partial charge < -0.3 is 4.74 Å². The van der Waals surface area contributed by atoms with E-state index in [-0.39, 0.29) is 5.97 Å². The molecule has 41 heavy (non-hydrogen) atoms. The molecule has 0 aromatic rings. The summed E-state index contributed by atoms with van der Waals surface area (Å²) in [5.41, 5.74) is 1.34. The molecular formula is C39H68O2. The van der Waals surface area contributed by atoms with Crippen molar-refractivity contribution in [1.82, 2.24) is 0 Å². The zero-order valence-corrected chi connectivity index (χ0v) is 28.2. The molecule has 0 saturated heterocycles. The summed E-state index contributed by atoms with van der Waals surface area (Å²) < 4.78 is 5.42. The van der Waals surface area contributed by atoms with Gasteiger partial charge in [0.15, 0.2) is 0 Å². The van der Waals surface area contributed by atoms with Crippen LogP contribution in [-0.2, 0) is 9.53 Å². The Bertz CT molecular complexity index is 737. The molecule has 0 aliphatic rings. The van der Waals surface area contributed by atoms with Crippen LogP contribution in [0.2, 0.25) is 0 Å². The lowest BCUT2D eigenvalue weighted by Gasteiger charge is -2.15. The minimum Gasteiger partial charge on any atom is -0.461 e. The third-order valence-electron chi connectivity index (χ3n) is 7.78. The number of rotatable bonds is 27. The maximum Gasteiger partial charge on any atom is 0.306 e. The average molecular weight is 569 g/mol. The lowest BCUT2D eigenvalue weighted by molar-refractivity contribution is -0.142. The first kappa shape index (κ1) is 39.2. The number of allylic oxidation sites excluding steroid dienone is 9. The normalized spacial score (nSPS) is 14.4. The van der Waals surface area contributed by atoms with Gasteiger partial charge in [-0.2, -0.15) is 0 Å². The Labute approximate surface area is 256 Å². The number of ether oxygens (including phenoxy) is 1. The summed E-state index contributed by atoms with van der Waals surface area (Å²) in [5, 5.41) is 0. The third kappa shape index (κ3) is 30.9. The number of hydrogen-bond acceptors (Lipinski definition) is 2. The Morgan fingerprint density at radius 2 is 1.10 bits per heavy atom. The molecule has 0 bridgehead atoms. The first-order valence-corrected chi connectivity index (χ1v) is 17.3. The molecule has 0 spiro atoms. The van der Waals surface area contributed by atoms with Gasteiger partial charge in [0, 0.05) is 6.42 Å². The third-order valence-corrected chi connectivity index (χ3v) is 7.78. The van der Waals surface area contributed by atoms with Crippen molar-refractivity contribution >= 4 is 5.97 Å². The molecule has 0 fully saturated rings. The first-order chi connectivity index (χ1) is 19.8. The zero-order chi connectivity index (χ0) is 30.4. The lowest BCUT2D eigenvalue weighted by Crippen LogP contribution is -2.04. The van der Waals surface area contributed by atoms with E-state index in [0.717, 1.165) is 56.3 Å². The second-order valence-electron chi connectivity index (χ2n) is 12.7. The molecule has 0 rings (SSSR count). The molecule has 0 heterocycles. The highest BCUT2D eigenvalue weighted by Gasteiger charge is 2.07. The van der Waals surface area contributed by atoms with Crippen molar-refractivity contribution in [3.05, 3.63) is 60.3 Å². The van der Waals surface area contributed by atoms with Crippen molar-refractivity contribution in [2.45, 2.75) is 157 Å². The molecule has 0 aliphatic carbocycles. The number of hydrogen-bond donors (Lipinski definition) is 0. The maximum absolute atomic E-state index is 12.0. The van der Waals surface area contributed by atoms with Gasteiger partial charge >= 0.3 is 5.97 Å².